The van der Waals surface area contributed by atoms with Crippen LogP contribution in [0.15, 0.2) is 9.98 Å². The molecule has 0 unspecified atom stereocenters. The van der Waals surface area contributed by atoms with Gasteiger partial charge in [-0.15, -0.1) is 17.0 Å². The van der Waals surface area contributed by atoms with Gasteiger partial charge in [0.25, 0.3) is 0 Å². The molecule has 0 saturated heterocycles. The van der Waals surface area contributed by atoms with Gasteiger partial charge in [-0.1, -0.05) is 0 Å². The van der Waals surface area contributed by atoms with E-state index in [9.17, 15) is 0 Å². The maximum absolute atomic E-state index is 6.69. The zero-order valence-corrected chi connectivity index (χ0v) is 6.38. The molecule has 9 heavy (non-hydrogen) atoms. The van der Waals surface area contributed by atoms with Gasteiger partial charge in [0, 0.05) is 0 Å². The number of aliphatic imine (C=N–C) groups is 2. The van der Waals surface area contributed by atoms with E-state index in [2.05, 4.69) is 16.7 Å². The highest BCUT2D eigenvalue weighted by atomic mass is 79.9. The highest BCUT2D eigenvalue weighted by molar-refractivity contribution is 8.93. The van der Waals surface area contributed by atoms with E-state index in [4.69, 9.17) is 16.9 Å². The third kappa shape index (κ3) is 7.09. The van der Waals surface area contributed by atoms with E-state index in [0.29, 0.717) is 0 Å². The Morgan fingerprint density at radius 3 is 2.00 bits per heavy atom. The molecule has 0 atom stereocenters. The predicted molar refractivity (Wildman–Crippen MR) is 43.4 cm³/mol. The normalized spacial score (nSPS) is 6.67. The molecule has 0 aliphatic heterocycles. The van der Waals surface area contributed by atoms with Crippen LogP contribution in [0.4, 0.5) is 0 Å². The smallest absolute Gasteiger partial charge is 0.244 e. The van der Waals surface area contributed by atoms with Gasteiger partial charge in [-0.2, -0.15) is 4.99 Å². The van der Waals surface area contributed by atoms with Crippen molar-refractivity contribution in [2.24, 2.45) is 21.5 Å². The third-order valence-electron chi connectivity index (χ3n) is 0.385. The first-order valence-electron chi connectivity index (χ1n) is 1.81. The summed E-state index contributed by atoms with van der Waals surface area (Å²) in [4.78, 5) is 6.34. The molecule has 5 N–H and O–H groups in total. The number of halogens is 1. The quantitative estimate of drug-likeness (QED) is 0.356. The van der Waals surface area contributed by atoms with Crippen molar-refractivity contribution < 1.29 is 0 Å². The summed E-state index contributed by atoms with van der Waals surface area (Å²) in [6.45, 7) is 3.02. The Bertz CT molecular complexity index is 135. The monoisotopic (exact) mass is 193 g/mol. The van der Waals surface area contributed by atoms with E-state index in [1.165, 1.54) is 0 Å². The van der Waals surface area contributed by atoms with Crippen LogP contribution < -0.4 is 11.5 Å². The summed E-state index contributed by atoms with van der Waals surface area (Å²) in [5, 5.41) is 6.69. The second-order valence-corrected chi connectivity index (χ2v) is 1.02. The first-order valence-corrected chi connectivity index (χ1v) is 1.81. The molecular weight excluding hydrogens is 186 g/mol. The molecule has 0 aromatic heterocycles. The van der Waals surface area contributed by atoms with Crippen molar-refractivity contribution in [3.05, 3.63) is 0 Å². The van der Waals surface area contributed by atoms with Crippen molar-refractivity contribution in [1.82, 2.24) is 0 Å². The van der Waals surface area contributed by atoms with Crippen molar-refractivity contribution in [2.45, 2.75) is 0 Å². The van der Waals surface area contributed by atoms with Crippen molar-refractivity contribution in [1.29, 1.82) is 5.41 Å². The largest absolute Gasteiger partial charge is 0.370 e. The molecule has 0 radical (unpaired) electrons. The summed E-state index contributed by atoms with van der Waals surface area (Å²) >= 11 is 0. The molecule has 6 heteroatoms. The second-order valence-electron chi connectivity index (χ2n) is 1.02. The highest BCUT2D eigenvalue weighted by Gasteiger charge is 1.82. The lowest BCUT2D eigenvalue weighted by Crippen LogP contribution is -2.23. The van der Waals surface area contributed by atoms with Crippen LogP contribution in [0.3, 0.4) is 0 Å². The van der Waals surface area contributed by atoms with Gasteiger partial charge in [0.15, 0.2) is 5.96 Å². The average Bonchev–Trinajstić information content (AvgIpc) is 1.65. The molecule has 0 rings (SSSR count). The number of nitrogens with zero attached hydrogens (tertiary/aromatic N) is 2. The summed E-state index contributed by atoms with van der Waals surface area (Å²) in [5.74, 6) is -0.451. The van der Waals surface area contributed by atoms with Gasteiger partial charge in [0.05, 0.1) is 0 Å². The minimum atomic E-state index is -0.273. The molecule has 0 fully saturated rings. The van der Waals surface area contributed by atoms with Gasteiger partial charge in [0.1, 0.15) is 0 Å². The molecule has 0 spiro atoms. The molecule has 0 aliphatic rings. The van der Waals surface area contributed by atoms with Crippen LogP contribution in [0.1, 0.15) is 0 Å². The topological polar surface area (TPSA) is 101 Å². The van der Waals surface area contributed by atoms with Gasteiger partial charge in [0.2, 0.25) is 5.96 Å². The van der Waals surface area contributed by atoms with Crippen LogP contribution in [0, 0.1) is 5.41 Å². The summed E-state index contributed by atoms with van der Waals surface area (Å²) in [7, 11) is 0. The summed E-state index contributed by atoms with van der Waals surface area (Å²) < 4.78 is 0. The van der Waals surface area contributed by atoms with E-state index in [1.807, 2.05) is 0 Å². The number of hydrogen-bond acceptors (Lipinski definition) is 1. The Labute approximate surface area is 63.1 Å². The van der Waals surface area contributed by atoms with Crippen molar-refractivity contribution >= 4 is 35.6 Å². The molecule has 5 nitrogen and oxygen atoms in total. The maximum atomic E-state index is 6.69. The van der Waals surface area contributed by atoms with Crippen molar-refractivity contribution in [3.63, 3.8) is 0 Å². The molecule has 0 amide bonds. The number of guanidine groups is 2. The zero-order valence-electron chi connectivity index (χ0n) is 4.66. The molecular formula is C3H8BrN5. The first kappa shape index (κ1) is 11.0. The van der Waals surface area contributed by atoms with Crippen LogP contribution in [0.25, 0.3) is 0 Å². The second kappa shape index (κ2) is 5.23. The van der Waals surface area contributed by atoms with Crippen LogP contribution in [-0.4, -0.2) is 18.6 Å². The van der Waals surface area contributed by atoms with E-state index < -0.39 is 0 Å². The maximum Gasteiger partial charge on any atom is 0.244 e. The van der Waals surface area contributed by atoms with Gasteiger partial charge in [-0.3, -0.25) is 5.41 Å². The summed E-state index contributed by atoms with van der Waals surface area (Å²) in [6.07, 6.45) is 0. The van der Waals surface area contributed by atoms with Crippen molar-refractivity contribution in [3.8, 4) is 0 Å². The van der Waals surface area contributed by atoms with Gasteiger partial charge < -0.3 is 11.5 Å². The number of nitrogens with one attached hydrogen (secondary N) is 1. The third-order valence-corrected chi connectivity index (χ3v) is 0.385. The lowest BCUT2D eigenvalue weighted by atomic mass is 10.9. The minimum absolute atomic E-state index is 0. The molecule has 0 aliphatic carbocycles. The SMILES string of the molecule is Br.C=NC(=N)N=C(N)N. The van der Waals surface area contributed by atoms with E-state index in [1.54, 1.807) is 0 Å². The molecule has 0 saturated carbocycles. The molecule has 0 aromatic carbocycles. The predicted octanol–water partition coefficient (Wildman–Crippen LogP) is -0.527. The average molecular weight is 194 g/mol. The fraction of sp³-hybridized carbons (Fsp3) is 0. The molecule has 0 heterocycles. The first-order chi connectivity index (χ1) is 3.66. The van der Waals surface area contributed by atoms with Gasteiger partial charge >= 0.3 is 0 Å². The molecule has 52 valence electrons. The fourth-order valence-corrected chi connectivity index (χ4v) is 0.158. The molecule has 0 bridgehead atoms. The van der Waals surface area contributed by atoms with Crippen LogP contribution >= 0.6 is 17.0 Å². The fourth-order valence-electron chi connectivity index (χ4n) is 0.158. The summed E-state index contributed by atoms with van der Waals surface area (Å²) in [6, 6.07) is 0. The highest BCUT2D eigenvalue weighted by Crippen LogP contribution is 1.71. The Kier molecular flexibility index (Phi) is 6.37. The number of rotatable bonds is 0. The number of nitrogens with two attached hydrogens (primary N) is 2. The van der Waals surface area contributed by atoms with E-state index in [0.717, 1.165) is 0 Å². The number of hydrogen-bond donors (Lipinski definition) is 3. The van der Waals surface area contributed by atoms with E-state index >= 15 is 0 Å². The standard InChI is InChI=1S/C3H7N5.BrH/c1-7-3(6)8-2(4)5;/h1H2,(H5,4,5,6,8);1H. The Morgan fingerprint density at radius 1 is 1.44 bits per heavy atom. The minimum Gasteiger partial charge on any atom is -0.370 e. The summed E-state index contributed by atoms with van der Waals surface area (Å²) in [5.41, 5.74) is 9.74. The van der Waals surface area contributed by atoms with Gasteiger partial charge in [-0.05, 0) is 6.72 Å². The lowest BCUT2D eigenvalue weighted by Gasteiger charge is -1.85. The zero-order chi connectivity index (χ0) is 6.57. The van der Waals surface area contributed by atoms with Gasteiger partial charge in [-0.25, -0.2) is 4.99 Å². The Morgan fingerprint density at radius 2 is 1.89 bits per heavy atom. The van der Waals surface area contributed by atoms with E-state index in [-0.39, 0.29) is 28.9 Å². The molecule has 0 aromatic rings. The van der Waals surface area contributed by atoms with Crippen molar-refractivity contribution in [2.75, 3.05) is 0 Å². The van der Waals surface area contributed by atoms with Crippen LogP contribution in [0.2, 0.25) is 0 Å². The lowest BCUT2D eigenvalue weighted by molar-refractivity contribution is 1.35. The van der Waals surface area contributed by atoms with Crippen LogP contribution in [0.5, 0.6) is 0 Å². The van der Waals surface area contributed by atoms with Crippen LogP contribution in [-0.2, 0) is 0 Å². The Hall–Kier alpha value is -0.910. The Balaban J connectivity index is 0.